The van der Waals surface area contributed by atoms with Crippen LogP contribution < -0.4 is 4.90 Å². The molecule has 1 rings (SSSR count). The van der Waals surface area contributed by atoms with Gasteiger partial charge in [-0.1, -0.05) is 0 Å². The molecule has 0 saturated heterocycles. The van der Waals surface area contributed by atoms with Crippen molar-refractivity contribution in [2.24, 2.45) is 0 Å². The summed E-state index contributed by atoms with van der Waals surface area (Å²) < 4.78 is 13.0. The van der Waals surface area contributed by atoms with Crippen LogP contribution in [0.25, 0.3) is 0 Å². The first-order valence-corrected chi connectivity index (χ1v) is 5.49. The van der Waals surface area contributed by atoms with Crippen LogP contribution in [0.15, 0.2) is 12.3 Å². The third-order valence-corrected chi connectivity index (χ3v) is 2.42. The molecule has 5 nitrogen and oxygen atoms in total. The monoisotopic (exact) mass is 251 g/mol. The van der Waals surface area contributed by atoms with Gasteiger partial charge in [0.15, 0.2) is 0 Å². The molecular weight excluding hydrogens is 237 g/mol. The summed E-state index contributed by atoms with van der Waals surface area (Å²) in [6.07, 6.45) is 1.22. The number of aromatic nitrogens is 1. The van der Waals surface area contributed by atoms with Gasteiger partial charge in [0.2, 0.25) is 0 Å². The molecule has 0 atom stereocenters. The zero-order chi connectivity index (χ0) is 13.7. The van der Waals surface area contributed by atoms with E-state index in [2.05, 4.69) is 4.98 Å². The molecular formula is C12H14FN3O2. The van der Waals surface area contributed by atoms with Crippen molar-refractivity contribution in [2.45, 2.75) is 26.3 Å². The van der Waals surface area contributed by atoms with Crippen molar-refractivity contribution >= 4 is 11.8 Å². The second kappa shape index (κ2) is 5.96. The maximum atomic E-state index is 13.0. The van der Waals surface area contributed by atoms with Gasteiger partial charge in [-0.05, 0) is 19.9 Å². The van der Waals surface area contributed by atoms with Crippen molar-refractivity contribution in [2.75, 3.05) is 11.4 Å². The Hall–Kier alpha value is -2.16. The molecule has 1 aromatic heterocycles. The normalized spacial score (nSPS) is 10.2. The summed E-state index contributed by atoms with van der Waals surface area (Å²) in [6, 6.07) is 2.90. The zero-order valence-electron chi connectivity index (χ0n) is 10.2. The van der Waals surface area contributed by atoms with Crippen LogP contribution in [0.1, 0.15) is 30.6 Å². The van der Waals surface area contributed by atoms with Crippen molar-refractivity contribution in [1.82, 2.24) is 4.98 Å². The second-order valence-electron chi connectivity index (χ2n) is 4.03. The Bertz CT molecular complexity index is 483. The van der Waals surface area contributed by atoms with E-state index in [9.17, 15) is 9.18 Å². The first-order valence-electron chi connectivity index (χ1n) is 5.49. The van der Waals surface area contributed by atoms with Crippen molar-refractivity contribution < 1.29 is 14.3 Å². The molecule has 96 valence electrons. The van der Waals surface area contributed by atoms with Crippen molar-refractivity contribution in [1.29, 1.82) is 5.26 Å². The fraction of sp³-hybridized carbons (Fsp3) is 0.417. The first kappa shape index (κ1) is 13.9. The predicted molar refractivity (Wildman–Crippen MR) is 63.9 cm³/mol. The highest BCUT2D eigenvalue weighted by molar-refractivity contribution is 5.93. The summed E-state index contributed by atoms with van der Waals surface area (Å²) in [5.41, 5.74) is -0.193. The van der Waals surface area contributed by atoms with Gasteiger partial charge >= 0.3 is 5.97 Å². The predicted octanol–water partition coefficient (Wildman–Crippen LogP) is 2.05. The molecule has 0 amide bonds. The number of halogens is 1. The number of nitrogens with zero attached hydrogens (tertiary/aromatic N) is 3. The Balaban J connectivity index is 3.19. The average molecular weight is 251 g/mol. The van der Waals surface area contributed by atoms with Crippen molar-refractivity contribution in [3.63, 3.8) is 0 Å². The Morgan fingerprint density at radius 2 is 2.33 bits per heavy atom. The molecule has 6 heteroatoms. The minimum absolute atomic E-state index is 0.0330. The van der Waals surface area contributed by atoms with Crippen LogP contribution in [0.5, 0.6) is 0 Å². The van der Waals surface area contributed by atoms with E-state index in [1.807, 2.05) is 19.9 Å². The van der Waals surface area contributed by atoms with Gasteiger partial charge in [0.25, 0.3) is 0 Å². The average Bonchev–Trinajstić information content (AvgIpc) is 2.30. The quantitative estimate of drug-likeness (QED) is 0.866. The fourth-order valence-corrected chi connectivity index (χ4v) is 1.60. The summed E-state index contributed by atoms with van der Waals surface area (Å²) >= 11 is 0. The molecule has 1 N–H and O–H groups in total. The molecule has 1 heterocycles. The Morgan fingerprint density at radius 1 is 1.67 bits per heavy atom. The highest BCUT2D eigenvalue weighted by Gasteiger charge is 2.20. The minimum Gasteiger partial charge on any atom is -0.478 e. The molecule has 0 saturated carbocycles. The van der Waals surface area contributed by atoms with Crippen LogP contribution in [-0.2, 0) is 0 Å². The lowest BCUT2D eigenvalue weighted by Gasteiger charge is -2.28. The summed E-state index contributed by atoms with van der Waals surface area (Å²) in [5.74, 6) is -1.74. The van der Waals surface area contributed by atoms with E-state index in [4.69, 9.17) is 10.4 Å². The van der Waals surface area contributed by atoms with Gasteiger partial charge in [-0.3, -0.25) is 0 Å². The Morgan fingerprint density at radius 3 is 2.83 bits per heavy atom. The SMILES string of the molecule is CC(C)N(CCC#N)c1ncc(F)cc1C(=O)O. The van der Waals surface area contributed by atoms with Crippen LogP contribution in [0, 0.1) is 17.1 Å². The number of carboxylic acid groups (broad SMARTS) is 1. The molecule has 0 spiro atoms. The number of anilines is 1. The van der Waals surface area contributed by atoms with Gasteiger partial charge in [0, 0.05) is 12.6 Å². The maximum absolute atomic E-state index is 13.0. The number of rotatable bonds is 5. The van der Waals surface area contributed by atoms with Gasteiger partial charge in [-0.25, -0.2) is 14.2 Å². The topological polar surface area (TPSA) is 77.2 Å². The molecule has 0 unspecified atom stereocenters. The van der Waals surface area contributed by atoms with Gasteiger partial charge in [0.1, 0.15) is 17.2 Å². The largest absolute Gasteiger partial charge is 0.478 e. The van der Waals surface area contributed by atoms with E-state index < -0.39 is 11.8 Å². The Kier molecular flexibility index (Phi) is 4.60. The van der Waals surface area contributed by atoms with E-state index in [0.29, 0.717) is 6.54 Å². The molecule has 18 heavy (non-hydrogen) atoms. The summed E-state index contributed by atoms with van der Waals surface area (Å²) in [6.45, 7) is 4.06. The molecule has 0 bridgehead atoms. The zero-order valence-corrected chi connectivity index (χ0v) is 10.2. The highest BCUT2D eigenvalue weighted by Crippen LogP contribution is 2.21. The third-order valence-electron chi connectivity index (χ3n) is 2.42. The number of nitriles is 1. The Labute approximate surface area is 104 Å². The molecule has 0 aliphatic rings. The standard InChI is InChI=1S/C12H14FN3O2/c1-8(2)16(5-3-4-14)11-10(12(17)18)6-9(13)7-15-11/h6-8H,3,5H2,1-2H3,(H,17,18). The van der Waals surface area contributed by atoms with Crippen LogP contribution in [0.2, 0.25) is 0 Å². The molecule has 0 fully saturated rings. The van der Waals surface area contributed by atoms with E-state index in [1.54, 1.807) is 4.90 Å². The van der Waals surface area contributed by atoms with Gasteiger partial charge in [0.05, 0.1) is 18.7 Å². The van der Waals surface area contributed by atoms with Crippen molar-refractivity contribution in [3.8, 4) is 6.07 Å². The third kappa shape index (κ3) is 3.17. The number of aromatic carboxylic acids is 1. The molecule has 0 radical (unpaired) electrons. The number of carbonyl (C=O) groups is 1. The number of hydrogen-bond acceptors (Lipinski definition) is 4. The van der Waals surface area contributed by atoms with Crippen LogP contribution in [0.4, 0.5) is 10.2 Å². The van der Waals surface area contributed by atoms with E-state index >= 15 is 0 Å². The number of hydrogen-bond donors (Lipinski definition) is 1. The van der Waals surface area contributed by atoms with E-state index in [1.165, 1.54) is 0 Å². The minimum atomic E-state index is -1.24. The van der Waals surface area contributed by atoms with Crippen LogP contribution >= 0.6 is 0 Å². The van der Waals surface area contributed by atoms with Gasteiger partial charge in [-0.15, -0.1) is 0 Å². The van der Waals surface area contributed by atoms with Gasteiger partial charge < -0.3 is 10.0 Å². The maximum Gasteiger partial charge on any atom is 0.339 e. The molecule has 0 aliphatic heterocycles. The van der Waals surface area contributed by atoms with E-state index in [0.717, 1.165) is 12.3 Å². The smallest absolute Gasteiger partial charge is 0.339 e. The number of carboxylic acids is 1. The van der Waals surface area contributed by atoms with Crippen LogP contribution in [-0.4, -0.2) is 28.6 Å². The first-order chi connectivity index (χ1) is 8.47. The van der Waals surface area contributed by atoms with Crippen molar-refractivity contribution in [3.05, 3.63) is 23.6 Å². The molecule has 0 aromatic carbocycles. The van der Waals surface area contributed by atoms with Gasteiger partial charge in [-0.2, -0.15) is 5.26 Å². The second-order valence-corrected chi connectivity index (χ2v) is 4.03. The molecule has 0 aliphatic carbocycles. The lowest BCUT2D eigenvalue weighted by Crippen LogP contribution is -2.33. The van der Waals surface area contributed by atoms with E-state index in [-0.39, 0.29) is 23.8 Å². The lowest BCUT2D eigenvalue weighted by atomic mass is 10.2. The molecule has 1 aromatic rings. The summed E-state index contributed by atoms with van der Waals surface area (Å²) in [7, 11) is 0. The number of pyridine rings is 1. The fourth-order valence-electron chi connectivity index (χ4n) is 1.60. The summed E-state index contributed by atoms with van der Waals surface area (Å²) in [5, 5.41) is 17.6. The lowest BCUT2D eigenvalue weighted by molar-refractivity contribution is 0.0696. The highest BCUT2D eigenvalue weighted by atomic mass is 19.1. The summed E-state index contributed by atoms with van der Waals surface area (Å²) in [4.78, 5) is 16.6. The van der Waals surface area contributed by atoms with Crippen LogP contribution in [0.3, 0.4) is 0 Å².